The minimum Gasteiger partial charge on any atom is -0.383 e. The van der Waals surface area contributed by atoms with Crippen LogP contribution in [0.5, 0.6) is 0 Å². The summed E-state index contributed by atoms with van der Waals surface area (Å²) >= 11 is 11.8. The Labute approximate surface area is 145 Å². The van der Waals surface area contributed by atoms with Crippen LogP contribution in [0.1, 0.15) is 5.56 Å². The molecule has 1 aromatic carbocycles. The number of methoxy groups -OCH3 is 1. The van der Waals surface area contributed by atoms with E-state index in [1.54, 1.807) is 18.5 Å². The third kappa shape index (κ3) is 4.89. The second-order valence-corrected chi connectivity index (χ2v) is 7.61. The highest BCUT2D eigenvalue weighted by Gasteiger charge is 2.25. The molecule has 1 aromatic heterocycles. The van der Waals surface area contributed by atoms with Gasteiger partial charge in [-0.05, 0) is 29.8 Å². The van der Waals surface area contributed by atoms with E-state index in [2.05, 4.69) is 4.98 Å². The van der Waals surface area contributed by atoms with E-state index in [9.17, 15) is 8.42 Å². The first-order valence-corrected chi connectivity index (χ1v) is 8.97. The Morgan fingerprint density at radius 1 is 1.22 bits per heavy atom. The van der Waals surface area contributed by atoms with Crippen molar-refractivity contribution in [3.8, 4) is 0 Å². The summed E-state index contributed by atoms with van der Waals surface area (Å²) in [4.78, 5) is 4.06. The van der Waals surface area contributed by atoms with Crippen LogP contribution in [-0.2, 0) is 21.3 Å². The number of hydrogen-bond acceptors (Lipinski definition) is 4. The third-order valence-corrected chi connectivity index (χ3v) is 5.36. The van der Waals surface area contributed by atoms with Crippen molar-refractivity contribution in [1.82, 2.24) is 9.29 Å². The number of halogens is 2. The summed E-state index contributed by atoms with van der Waals surface area (Å²) in [6.07, 6.45) is 3.26. The molecule has 0 fully saturated rings. The lowest BCUT2D eigenvalue weighted by Gasteiger charge is -2.22. The highest BCUT2D eigenvalue weighted by Crippen LogP contribution is 2.25. The lowest BCUT2D eigenvalue weighted by Crippen LogP contribution is -2.33. The molecule has 0 radical (unpaired) electrons. The van der Waals surface area contributed by atoms with Crippen molar-refractivity contribution >= 4 is 33.2 Å². The Bertz CT molecular complexity index is 734. The van der Waals surface area contributed by atoms with E-state index in [1.165, 1.54) is 29.6 Å². The SMILES string of the molecule is COCCN(Cc1cccnc1)S(=O)(=O)c1cc(Cl)cc(Cl)c1. The quantitative estimate of drug-likeness (QED) is 0.746. The molecule has 0 aliphatic heterocycles. The van der Waals surface area contributed by atoms with Gasteiger partial charge in [-0.1, -0.05) is 29.3 Å². The molecule has 2 aromatic rings. The number of pyridine rings is 1. The summed E-state index contributed by atoms with van der Waals surface area (Å²) in [5.74, 6) is 0. The maximum Gasteiger partial charge on any atom is 0.243 e. The zero-order valence-electron chi connectivity index (χ0n) is 12.4. The summed E-state index contributed by atoms with van der Waals surface area (Å²) < 4.78 is 32.1. The predicted octanol–water partition coefficient (Wildman–Crippen LogP) is 3.23. The van der Waals surface area contributed by atoms with Crippen LogP contribution in [0.15, 0.2) is 47.6 Å². The van der Waals surface area contributed by atoms with Crippen LogP contribution in [-0.4, -0.2) is 38.0 Å². The average molecular weight is 375 g/mol. The van der Waals surface area contributed by atoms with Crippen molar-refractivity contribution in [2.24, 2.45) is 0 Å². The van der Waals surface area contributed by atoms with Gasteiger partial charge < -0.3 is 4.74 Å². The van der Waals surface area contributed by atoms with Gasteiger partial charge in [-0.2, -0.15) is 4.31 Å². The van der Waals surface area contributed by atoms with Gasteiger partial charge in [0.2, 0.25) is 10.0 Å². The summed E-state index contributed by atoms with van der Waals surface area (Å²) in [5.41, 5.74) is 0.778. The minimum absolute atomic E-state index is 0.0509. The maximum atomic E-state index is 12.9. The molecular formula is C15H16Cl2N2O3S. The van der Waals surface area contributed by atoms with E-state index in [0.29, 0.717) is 0 Å². The van der Waals surface area contributed by atoms with Gasteiger partial charge in [-0.3, -0.25) is 4.98 Å². The molecule has 0 saturated carbocycles. The fourth-order valence-corrected chi connectivity index (χ4v) is 4.14. The lowest BCUT2D eigenvalue weighted by atomic mass is 10.3. The molecule has 0 aliphatic rings. The topological polar surface area (TPSA) is 59.5 Å². The zero-order valence-corrected chi connectivity index (χ0v) is 14.8. The molecular weight excluding hydrogens is 359 g/mol. The van der Waals surface area contributed by atoms with E-state index in [1.807, 2.05) is 6.07 Å². The molecule has 5 nitrogen and oxygen atoms in total. The van der Waals surface area contributed by atoms with Gasteiger partial charge >= 0.3 is 0 Å². The second kappa shape index (κ2) is 8.08. The van der Waals surface area contributed by atoms with Crippen molar-refractivity contribution in [2.75, 3.05) is 20.3 Å². The Kier molecular flexibility index (Phi) is 6.38. The number of nitrogens with zero attached hydrogens (tertiary/aromatic N) is 2. The van der Waals surface area contributed by atoms with Crippen LogP contribution in [0, 0.1) is 0 Å². The molecule has 0 aliphatic carbocycles. The second-order valence-electron chi connectivity index (χ2n) is 4.80. The van der Waals surface area contributed by atoms with Gasteiger partial charge in [0.1, 0.15) is 0 Å². The summed E-state index contributed by atoms with van der Waals surface area (Å²) in [5, 5.41) is 0.535. The van der Waals surface area contributed by atoms with Gasteiger partial charge in [0.15, 0.2) is 0 Å². The molecule has 1 heterocycles. The molecule has 0 unspecified atom stereocenters. The van der Waals surface area contributed by atoms with Crippen LogP contribution in [0.2, 0.25) is 10.0 Å². The van der Waals surface area contributed by atoms with Crippen molar-refractivity contribution in [3.63, 3.8) is 0 Å². The van der Waals surface area contributed by atoms with E-state index in [0.717, 1.165) is 5.56 Å². The van der Waals surface area contributed by atoms with E-state index >= 15 is 0 Å². The monoisotopic (exact) mass is 374 g/mol. The fraction of sp³-hybridized carbons (Fsp3) is 0.267. The molecule has 8 heteroatoms. The first-order chi connectivity index (χ1) is 10.9. The summed E-state index contributed by atoms with van der Waals surface area (Å²) in [6.45, 7) is 0.662. The van der Waals surface area contributed by atoms with Crippen LogP contribution < -0.4 is 0 Å². The van der Waals surface area contributed by atoms with Gasteiger partial charge in [-0.25, -0.2) is 8.42 Å². The number of sulfonamides is 1. The first-order valence-electron chi connectivity index (χ1n) is 6.77. The standard InChI is InChI=1S/C15H16Cl2N2O3S/c1-22-6-5-19(11-12-3-2-4-18-10-12)23(20,21)15-8-13(16)7-14(17)9-15/h2-4,7-10H,5-6,11H2,1H3. The van der Waals surface area contributed by atoms with Crippen LogP contribution in [0.4, 0.5) is 0 Å². The van der Waals surface area contributed by atoms with Crippen LogP contribution in [0.25, 0.3) is 0 Å². The predicted molar refractivity (Wildman–Crippen MR) is 90.2 cm³/mol. The highest BCUT2D eigenvalue weighted by atomic mass is 35.5. The highest BCUT2D eigenvalue weighted by molar-refractivity contribution is 7.89. The Morgan fingerprint density at radius 2 is 1.91 bits per heavy atom. The Morgan fingerprint density at radius 3 is 2.48 bits per heavy atom. The largest absolute Gasteiger partial charge is 0.383 e. The minimum atomic E-state index is -3.76. The van der Waals surface area contributed by atoms with Crippen molar-refractivity contribution < 1.29 is 13.2 Å². The average Bonchev–Trinajstić information content (AvgIpc) is 2.51. The molecule has 2 rings (SSSR count). The lowest BCUT2D eigenvalue weighted by molar-refractivity contribution is 0.177. The molecule has 23 heavy (non-hydrogen) atoms. The smallest absolute Gasteiger partial charge is 0.243 e. The summed E-state index contributed by atoms with van der Waals surface area (Å²) in [7, 11) is -2.24. The number of ether oxygens (including phenoxy) is 1. The Balaban J connectivity index is 2.36. The van der Waals surface area contributed by atoms with Gasteiger partial charge in [0.25, 0.3) is 0 Å². The third-order valence-electron chi connectivity index (χ3n) is 3.10. The van der Waals surface area contributed by atoms with Crippen molar-refractivity contribution in [2.45, 2.75) is 11.4 Å². The van der Waals surface area contributed by atoms with Gasteiger partial charge in [0.05, 0.1) is 11.5 Å². The van der Waals surface area contributed by atoms with Crippen molar-refractivity contribution in [1.29, 1.82) is 0 Å². The molecule has 0 atom stereocenters. The molecule has 124 valence electrons. The number of benzene rings is 1. The molecule has 0 saturated heterocycles. The molecule has 0 amide bonds. The molecule has 0 spiro atoms. The molecule has 0 bridgehead atoms. The maximum absolute atomic E-state index is 12.9. The summed E-state index contributed by atoms with van der Waals surface area (Å²) in [6, 6.07) is 7.82. The number of aromatic nitrogens is 1. The van der Waals surface area contributed by atoms with Crippen LogP contribution in [0.3, 0.4) is 0 Å². The van der Waals surface area contributed by atoms with E-state index in [-0.39, 0.29) is 34.6 Å². The van der Waals surface area contributed by atoms with Gasteiger partial charge in [0, 0.05) is 42.6 Å². The van der Waals surface area contributed by atoms with Gasteiger partial charge in [-0.15, -0.1) is 0 Å². The normalized spacial score (nSPS) is 11.8. The van der Waals surface area contributed by atoms with E-state index < -0.39 is 10.0 Å². The van der Waals surface area contributed by atoms with Crippen LogP contribution >= 0.6 is 23.2 Å². The number of hydrogen-bond donors (Lipinski definition) is 0. The fourth-order valence-electron chi connectivity index (χ4n) is 2.00. The zero-order chi connectivity index (χ0) is 16.9. The first kappa shape index (κ1) is 18.2. The van der Waals surface area contributed by atoms with Crippen molar-refractivity contribution in [3.05, 3.63) is 58.3 Å². The number of rotatable bonds is 7. The Hall–Kier alpha value is -1.18. The van der Waals surface area contributed by atoms with E-state index in [4.69, 9.17) is 27.9 Å². The molecule has 0 N–H and O–H groups in total.